The molecule has 1 amide bonds. The van der Waals surface area contributed by atoms with Crippen LogP contribution in [0.2, 0.25) is 0 Å². The van der Waals surface area contributed by atoms with Crippen LogP contribution >= 0.6 is 25.3 Å². The van der Waals surface area contributed by atoms with Crippen LogP contribution < -0.4 is 32.4 Å². The number of esters is 2. The molecule has 0 aromatic heterocycles. The van der Waals surface area contributed by atoms with E-state index in [1.165, 1.54) is 24.3 Å². The Morgan fingerprint density at radius 1 is 0.654 bits per heavy atom. The molecule has 272 valence electrons. The topological polar surface area (TPSA) is 214 Å². The molecule has 0 unspecified atom stereocenters. The number of nitrogens with two attached hydrogens (primary N) is 4. The molecule has 0 radical (unpaired) electrons. The van der Waals surface area contributed by atoms with Crippen LogP contribution in [0, 0.1) is 0 Å². The van der Waals surface area contributed by atoms with Gasteiger partial charge in [-0.2, -0.15) is 0 Å². The van der Waals surface area contributed by atoms with E-state index in [1.807, 2.05) is 38.1 Å². The summed E-state index contributed by atoms with van der Waals surface area (Å²) in [6.45, 7) is 3.89. The summed E-state index contributed by atoms with van der Waals surface area (Å²) in [5.74, 6) is -2.11. The Balaban J connectivity index is 0.000000327. The zero-order chi connectivity index (χ0) is 38.4. The van der Waals surface area contributed by atoms with Gasteiger partial charge < -0.3 is 42.6 Å². The summed E-state index contributed by atoms with van der Waals surface area (Å²) in [6, 6.07) is 26.1. The number of benzene rings is 5. The van der Waals surface area contributed by atoms with E-state index in [9.17, 15) is 19.5 Å². The SMILES string of the molecule is CCCc1cc(N)cc(C(=O)Oc2ccc(S)cc2)c1OC(=O)c1ccc(N)c(CCC)c1O.NC(=O)c1ccccc1O.Nc1ccc(S)cc1. The molecule has 11 nitrogen and oxygen atoms in total. The summed E-state index contributed by atoms with van der Waals surface area (Å²) in [5, 5.41) is 19.6. The van der Waals surface area contributed by atoms with Crippen LogP contribution in [0.3, 0.4) is 0 Å². The van der Waals surface area contributed by atoms with Crippen LogP contribution in [-0.4, -0.2) is 28.1 Å². The fraction of sp³-hybridized carbons (Fsp3) is 0.154. The number of para-hydroxylation sites is 1. The second-order valence-corrected chi connectivity index (χ2v) is 12.4. The third-order valence-corrected chi connectivity index (χ3v) is 7.87. The highest BCUT2D eigenvalue weighted by atomic mass is 32.1. The van der Waals surface area contributed by atoms with Crippen molar-refractivity contribution in [2.45, 2.75) is 49.3 Å². The van der Waals surface area contributed by atoms with Gasteiger partial charge in [-0.25, -0.2) is 9.59 Å². The summed E-state index contributed by atoms with van der Waals surface area (Å²) in [4.78, 5) is 38.3. The number of carbonyl (C=O) groups excluding carboxylic acids is 3. The number of ether oxygens (including phenoxy) is 2. The van der Waals surface area contributed by atoms with Gasteiger partial charge in [-0.1, -0.05) is 38.8 Å². The fourth-order valence-corrected chi connectivity index (χ4v) is 5.05. The molecule has 13 heteroatoms. The van der Waals surface area contributed by atoms with E-state index < -0.39 is 17.8 Å². The Morgan fingerprint density at radius 2 is 1.23 bits per heavy atom. The van der Waals surface area contributed by atoms with Crippen molar-refractivity contribution in [1.82, 2.24) is 0 Å². The molecule has 0 aliphatic carbocycles. The lowest BCUT2D eigenvalue weighted by Gasteiger charge is -2.16. The molecular formula is C39H42N4O7S2. The summed E-state index contributed by atoms with van der Waals surface area (Å²) in [7, 11) is 0. The highest BCUT2D eigenvalue weighted by Gasteiger charge is 2.25. The molecule has 0 fully saturated rings. The average Bonchev–Trinajstić information content (AvgIpc) is 3.10. The number of nitrogen functional groups attached to an aromatic ring is 3. The van der Waals surface area contributed by atoms with Crippen LogP contribution in [0.1, 0.15) is 68.9 Å². The molecule has 52 heavy (non-hydrogen) atoms. The number of carbonyl (C=O) groups is 3. The van der Waals surface area contributed by atoms with Crippen molar-refractivity contribution < 1.29 is 34.1 Å². The fourth-order valence-electron chi connectivity index (χ4n) is 4.75. The van der Waals surface area contributed by atoms with Crippen LogP contribution in [0.5, 0.6) is 23.0 Å². The predicted molar refractivity (Wildman–Crippen MR) is 210 cm³/mol. The van der Waals surface area contributed by atoms with Gasteiger partial charge in [-0.3, -0.25) is 4.79 Å². The van der Waals surface area contributed by atoms with Crippen molar-refractivity contribution in [2.24, 2.45) is 5.73 Å². The number of phenolic OH excluding ortho intramolecular Hbond substituents is 1. The van der Waals surface area contributed by atoms with E-state index >= 15 is 0 Å². The summed E-state index contributed by atoms with van der Waals surface area (Å²) < 4.78 is 11.2. The van der Waals surface area contributed by atoms with Gasteiger partial charge in [-0.15, -0.1) is 25.3 Å². The third kappa shape index (κ3) is 11.6. The van der Waals surface area contributed by atoms with Crippen molar-refractivity contribution in [3.8, 4) is 23.0 Å². The molecule has 5 aromatic carbocycles. The number of phenols is 2. The minimum Gasteiger partial charge on any atom is -0.507 e. The molecule has 5 aromatic rings. The van der Waals surface area contributed by atoms with E-state index in [1.54, 1.807) is 48.5 Å². The van der Waals surface area contributed by atoms with E-state index in [0.29, 0.717) is 46.0 Å². The molecule has 10 N–H and O–H groups in total. The second kappa shape index (κ2) is 19.6. The van der Waals surface area contributed by atoms with Gasteiger partial charge in [0, 0.05) is 32.4 Å². The summed E-state index contributed by atoms with van der Waals surface area (Å²) in [6.07, 6.45) is 2.47. The maximum atomic E-state index is 13.1. The largest absolute Gasteiger partial charge is 0.507 e. The monoisotopic (exact) mass is 742 g/mol. The van der Waals surface area contributed by atoms with Crippen LogP contribution in [-0.2, 0) is 12.8 Å². The van der Waals surface area contributed by atoms with Gasteiger partial charge in [0.25, 0.3) is 5.91 Å². The minimum absolute atomic E-state index is 0.00969. The van der Waals surface area contributed by atoms with Crippen molar-refractivity contribution in [2.75, 3.05) is 17.2 Å². The summed E-state index contributed by atoms with van der Waals surface area (Å²) in [5.41, 5.74) is 25.0. The van der Waals surface area contributed by atoms with E-state index in [-0.39, 0.29) is 33.9 Å². The van der Waals surface area contributed by atoms with Crippen molar-refractivity contribution in [1.29, 1.82) is 0 Å². The first-order valence-corrected chi connectivity index (χ1v) is 17.0. The smallest absolute Gasteiger partial charge is 0.347 e. The van der Waals surface area contributed by atoms with Crippen LogP contribution in [0.4, 0.5) is 17.1 Å². The Kier molecular flexibility index (Phi) is 15.3. The number of primary amides is 1. The Bertz CT molecular complexity index is 1980. The first-order chi connectivity index (χ1) is 24.7. The van der Waals surface area contributed by atoms with Gasteiger partial charge in [-0.05, 0) is 103 Å². The van der Waals surface area contributed by atoms with Crippen molar-refractivity contribution >= 4 is 60.2 Å². The minimum atomic E-state index is -0.814. The number of aromatic hydroxyl groups is 2. The Hall–Kier alpha value is -5.79. The molecule has 0 saturated carbocycles. The summed E-state index contributed by atoms with van der Waals surface area (Å²) >= 11 is 8.30. The molecule has 0 spiro atoms. The third-order valence-electron chi connectivity index (χ3n) is 7.27. The van der Waals surface area contributed by atoms with E-state index in [4.69, 9.17) is 37.5 Å². The Morgan fingerprint density at radius 3 is 1.77 bits per heavy atom. The zero-order valence-corrected chi connectivity index (χ0v) is 30.5. The molecule has 0 heterocycles. The van der Waals surface area contributed by atoms with Gasteiger partial charge >= 0.3 is 11.9 Å². The standard InChI is InChI=1S/C26H28N2O5S.C7H7NO2.C6H7NS/c1-3-5-15-13-16(27)14-21(26(31)32-17-7-9-18(34)10-8-17)24(15)33-25(30)20-11-12-22(28)19(6-4-2)23(20)29;8-7(10)5-3-1-2-4-6(5)9;7-5-1-3-6(8)4-2-5/h7-14,29,34H,3-6,27-28H2,1-2H3;1-4,9H,(H2,8,10);1-4,8H,7H2. The zero-order valence-electron chi connectivity index (χ0n) is 28.7. The average molecular weight is 743 g/mol. The van der Waals surface area contributed by atoms with E-state index in [2.05, 4.69) is 25.3 Å². The lowest BCUT2D eigenvalue weighted by Crippen LogP contribution is -2.17. The molecule has 0 saturated heterocycles. The lowest BCUT2D eigenvalue weighted by atomic mass is 10.0. The van der Waals surface area contributed by atoms with E-state index in [0.717, 1.165) is 23.4 Å². The number of amides is 1. The van der Waals surface area contributed by atoms with Crippen LogP contribution in [0.25, 0.3) is 0 Å². The molecule has 0 aliphatic heterocycles. The normalized spacial score (nSPS) is 10.2. The van der Waals surface area contributed by atoms with Crippen LogP contribution in [0.15, 0.2) is 107 Å². The van der Waals surface area contributed by atoms with Gasteiger partial charge in [0.2, 0.25) is 0 Å². The first kappa shape index (κ1) is 40.6. The van der Waals surface area contributed by atoms with Gasteiger partial charge in [0.15, 0.2) is 0 Å². The van der Waals surface area contributed by atoms with Crippen molar-refractivity contribution in [3.05, 3.63) is 125 Å². The molecule has 5 rings (SSSR count). The maximum Gasteiger partial charge on any atom is 0.347 e. The number of aryl methyl sites for hydroxylation is 1. The molecule has 0 atom stereocenters. The number of rotatable bonds is 9. The number of hydrogen-bond donors (Lipinski definition) is 8. The van der Waals surface area contributed by atoms with Crippen molar-refractivity contribution in [3.63, 3.8) is 0 Å². The quantitative estimate of drug-likeness (QED) is 0.0328. The molecule has 0 aliphatic rings. The maximum absolute atomic E-state index is 13.1. The van der Waals surface area contributed by atoms with Gasteiger partial charge in [0.1, 0.15) is 34.1 Å². The molecular weight excluding hydrogens is 701 g/mol. The second-order valence-electron chi connectivity index (χ2n) is 11.3. The predicted octanol–water partition coefficient (Wildman–Crippen LogP) is 7.24. The number of thiol groups is 2. The number of hydrogen-bond acceptors (Lipinski definition) is 12. The molecule has 0 bridgehead atoms. The highest BCUT2D eigenvalue weighted by molar-refractivity contribution is 7.80. The Labute approximate surface area is 313 Å². The first-order valence-electron chi connectivity index (χ1n) is 16.1. The van der Waals surface area contributed by atoms with Gasteiger partial charge in [0.05, 0.1) is 5.56 Å². The lowest BCUT2D eigenvalue weighted by molar-refractivity contribution is 0.0703. The highest BCUT2D eigenvalue weighted by Crippen LogP contribution is 2.34. The number of anilines is 3.